The van der Waals surface area contributed by atoms with Crippen LogP contribution in [0.3, 0.4) is 0 Å². The van der Waals surface area contributed by atoms with Crippen molar-refractivity contribution >= 4 is 65.6 Å². The number of nitrogens with zero attached hydrogens (tertiary/aromatic N) is 3. The van der Waals surface area contributed by atoms with E-state index < -0.39 is 0 Å². The van der Waals surface area contributed by atoms with Crippen molar-refractivity contribution < 1.29 is 4.42 Å². The first-order chi connectivity index (χ1) is 26.2. The summed E-state index contributed by atoms with van der Waals surface area (Å²) >= 11 is 0. The van der Waals surface area contributed by atoms with E-state index in [9.17, 15) is 5.26 Å². The lowest BCUT2D eigenvalue weighted by Gasteiger charge is -2.10. The molecular weight excluding hydrogens is 647 g/mol. The van der Waals surface area contributed by atoms with Crippen LogP contribution in [-0.2, 0) is 0 Å². The number of hydrogen-bond donors (Lipinski definition) is 0. The molecule has 0 spiro atoms. The van der Waals surface area contributed by atoms with Crippen LogP contribution in [0, 0.1) is 11.3 Å². The molecule has 0 saturated carbocycles. The second-order valence-corrected chi connectivity index (χ2v) is 13.6. The third-order valence-electron chi connectivity index (χ3n) is 10.8. The summed E-state index contributed by atoms with van der Waals surface area (Å²) in [5.74, 6) is 0. The molecule has 246 valence electrons. The standard InChI is InChI=1S/C49H29N3O/c50-30-35-10-8-15-39-40-16-9-19-47(49(40)53-48(35)39)52-44-18-7-5-14-38(44)42-29-34(25-27-46(42)52)32-22-20-31(21-23-32)33-24-26-45-41(28-33)37-13-4-6-17-43(37)51(45)36-11-2-1-3-12-36/h1-29H. The van der Waals surface area contributed by atoms with Crippen molar-refractivity contribution in [3.8, 4) is 39.7 Å². The van der Waals surface area contributed by atoms with Crippen LogP contribution in [0.25, 0.3) is 99.2 Å². The number of para-hydroxylation sites is 5. The van der Waals surface area contributed by atoms with Crippen molar-refractivity contribution in [2.24, 2.45) is 0 Å². The van der Waals surface area contributed by atoms with Crippen LogP contribution < -0.4 is 0 Å². The molecule has 0 unspecified atom stereocenters. The maximum Gasteiger partial charge on any atom is 0.159 e. The van der Waals surface area contributed by atoms with Gasteiger partial charge in [0, 0.05) is 38.0 Å². The molecule has 4 nitrogen and oxygen atoms in total. The first kappa shape index (κ1) is 29.4. The predicted molar refractivity (Wildman–Crippen MR) is 218 cm³/mol. The quantitative estimate of drug-likeness (QED) is 0.186. The van der Waals surface area contributed by atoms with Crippen LogP contribution in [-0.4, -0.2) is 9.13 Å². The molecule has 53 heavy (non-hydrogen) atoms. The van der Waals surface area contributed by atoms with Crippen molar-refractivity contribution in [1.82, 2.24) is 9.13 Å². The summed E-state index contributed by atoms with van der Waals surface area (Å²) in [6.07, 6.45) is 0. The van der Waals surface area contributed by atoms with Gasteiger partial charge < -0.3 is 13.6 Å². The number of benzene rings is 8. The molecule has 0 aliphatic rings. The highest BCUT2D eigenvalue weighted by Crippen LogP contribution is 2.40. The topological polar surface area (TPSA) is 46.8 Å². The molecule has 0 saturated heterocycles. The van der Waals surface area contributed by atoms with Gasteiger partial charge in [-0.05, 0) is 82.9 Å². The minimum atomic E-state index is 0.541. The van der Waals surface area contributed by atoms with Gasteiger partial charge in [-0.2, -0.15) is 5.26 Å². The summed E-state index contributed by atoms with van der Waals surface area (Å²) in [7, 11) is 0. The highest BCUT2D eigenvalue weighted by molar-refractivity contribution is 6.14. The minimum absolute atomic E-state index is 0.541. The average molecular weight is 676 g/mol. The van der Waals surface area contributed by atoms with Crippen LogP contribution >= 0.6 is 0 Å². The van der Waals surface area contributed by atoms with Crippen molar-refractivity contribution in [3.05, 3.63) is 181 Å². The number of aromatic nitrogens is 2. The van der Waals surface area contributed by atoms with Crippen LogP contribution in [0.15, 0.2) is 180 Å². The lowest BCUT2D eigenvalue weighted by molar-refractivity contribution is 0.665. The van der Waals surface area contributed by atoms with E-state index in [1.165, 1.54) is 43.7 Å². The molecule has 0 aliphatic heterocycles. The summed E-state index contributed by atoms with van der Waals surface area (Å²) in [4.78, 5) is 0. The Kier molecular flexibility index (Phi) is 6.28. The Labute approximate surface area is 304 Å². The Bertz CT molecular complexity index is 3280. The third kappa shape index (κ3) is 4.35. The van der Waals surface area contributed by atoms with Crippen LogP contribution in [0.5, 0.6) is 0 Å². The van der Waals surface area contributed by atoms with Gasteiger partial charge in [0.05, 0.1) is 33.3 Å². The van der Waals surface area contributed by atoms with Crippen LogP contribution in [0.2, 0.25) is 0 Å². The van der Waals surface area contributed by atoms with Gasteiger partial charge in [0.2, 0.25) is 0 Å². The van der Waals surface area contributed by atoms with E-state index in [2.05, 4.69) is 173 Å². The minimum Gasteiger partial charge on any atom is -0.452 e. The zero-order valence-corrected chi connectivity index (χ0v) is 28.5. The maximum absolute atomic E-state index is 9.78. The van der Waals surface area contributed by atoms with Gasteiger partial charge in [0.15, 0.2) is 11.2 Å². The van der Waals surface area contributed by atoms with Gasteiger partial charge in [-0.25, -0.2) is 0 Å². The maximum atomic E-state index is 9.78. The van der Waals surface area contributed by atoms with Crippen molar-refractivity contribution in [1.29, 1.82) is 5.26 Å². The molecule has 0 amide bonds. The van der Waals surface area contributed by atoms with E-state index in [-0.39, 0.29) is 0 Å². The highest BCUT2D eigenvalue weighted by atomic mass is 16.3. The Morgan fingerprint density at radius 3 is 1.51 bits per heavy atom. The summed E-state index contributed by atoms with van der Waals surface area (Å²) < 4.78 is 11.1. The fourth-order valence-corrected chi connectivity index (χ4v) is 8.34. The molecule has 11 rings (SSSR count). The van der Waals surface area contributed by atoms with E-state index in [1.807, 2.05) is 18.2 Å². The van der Waals surface area contributed by atoms with E-state index >= 15 is 0 Å². The molecule has 0 radical (unpaired) electrons. The fraction of sp³-hybridized carbons (Fsp3) is 0. The van der Waals surface area contributed by atoms with E-state index in [0.717, 1.165) is 49.9 Å². The SMILES string of the molecule is N#Cc1cccc2c1oc1c(-n3c4ccccc4c4cc(-c5ccc(-c6ccc7c(c6)c6ccccc6n7-c6ccccc6)cc5)ccc43)cccc12. The normalized spacial score (nSPS) is 11.8. The zero-order valence-electron chi connectivity index (χ0n) is 28.5. The molecule has 4 heteroatoms. The van der Waals surface area contributed by atoms with Gasteiger partial charge in [-0.1, -0.05) is 115 Å². The van der Waals surface area contributed by atoms with E-state index in [0.29, 0.717) is 11.1 Å². The summed E-state index contributed by atoms with van der Waals surface area (Å²) in [6, 6.07) is 64.6. The summed E-state index contributed by atoms with van der Waals surface area (Å²) in [5, 5.41) is 16.6. The summed E-state index contributed by atoms with van der Waals surface area (Å²) in [5.41, 5.74) is 13.4. The fourth-order valence-electron chi connectivity index (χ4n) is 8.34. The number of fused-ring (bicyclic) bond motifs is 9. The molecule has 0 fully saturated rings. The van der Waals surface area contributed by atoms with Crippen molar-refractivity contribution in [2.75, 3.05) is 0 Å². The monoisotopic (exact) mass is 675 g/mol. The van der Waals surface area contributed by atoms with Crippen molar-refractivity contribution in [3.63, 3.8) is 0 Å². The second kappa shape index (κ2) is 11.3. The lowest BCUT2D eigenvalue weighted by atomic mass is 9.98. The molecule has 0 atom stereocenters. The van der Waals surface area contributed by atoms with Gasteiger partial charge in [-0.15, -0.1) is 0 Å². The first-order valence-electron chi connectivity index (χ1n) is 17.8. The molecule has 8 aromatic carbocycles. The summed E-state index contributed by atoms with van der Waals surface area (Å²) in [6.45, 7) is 0. The van der Waals surface area contributed by atoms with Gasteiger partial charge in [-0.3, -0.25) is 0 Å². The Hall–Kier alpha value is -7.35. The molecule has 0 bridgehead atoms. The second-order valence-electron chi connectivity index (χ2n) is 13.6. The average Bonchev–Trinajstić information content (AvgIpc) is 3.89. The number of hydrogen-bond acceptors (Lipinski definition) is 2. The van der Waals surface area contributed by atoms with Gasteiger partial charge in [0.25, 0.3) is 0 Å². The van der Waals surface area contributed by atoms with Crippen LogP contribution in [0.1, 0.15) is 5.56 Å². The Morgan fingerprint density at radius 1 is 0.377 bits per heavy atom. The predicted octanol–water partition coefficient (Wildman–Crippen LogP) is 13.0. The first-order valence-corrected chi connectivity index (χ1v) is 17.8. The van der Waals surface area contributed by atoms with Gasteiger partial charge in [0.1, 0.15) is 6.07 Å². The number of rotatable bonds is 4. The zero-order chi connectivity index (χ0) is 35.0. The van der Waals surface area contributed by atoms with Gasteiger partial charge >= 0.3 is 0 Å². The Balaban J connectivity index is 1.01. The van der Waals surface area contributed by atoms with E-state index in [4.69, 9.17) is 4.42 Å². The number of furan rings is 1. The number of nitriles is 1. The largest absolute Gasteiger partial charge is 0.452 e. The third-order valence-corrected chi connectivity index (χ3v) is 10.8. The molecule has 11 aromatic rings. The Morgan fingerprint density at radius 2 is 0.868 bits per heavy atom. The molecule has 3 aromatic heterocycles. The highest BCUT2D eigenvalue weighted by Gasteiger charge is 2.19. The van der Waals surface area contributed by atoms with Crippen LogP contribution in [0.4, 0.5) is 0 Å². The molecular formula is C49H29N3O. The molecule has 3 heterocycles. The van der Waals surface area contributed by atoms with E-state index in [1.54, 1.807) is 0 Å². The lowest BCUT2D eigenvalue weighted by Crippen LogP contribution is -1.94. The molecule has 0 aliphatic carbocycles. The van der Waals surface area contributed by atoms with Crippen molar-refractivity contribution in [2.45, 2.75) is 0 Å². The smallest absolute Gasteiger partial charge is 0.159 e. The molecule has 0 N–H and O–H groups in total.